The maximum atomic E-state index is 13.4. The number of ether oxygens (including phenoxy) is 1. The van der Waals surface area contributed by atoms with Gasteiger partial charge in [-0.3, -0.25) is 14.3 Å². The van der Waals surface area contributed by atoms with Gasteiger partial charge >= 0.3 is 6.61 Å². The van der Waals surface area contributed by atoms with Gasteiger partial charge in [-0.25, -0.2) is 9.50 Å². The number of hydrogen-bond donors (Lipinski definition) is 4. The number of aromatic nitrogens is 5. The number of fused-ring (bicyclic) bond motifs is 1. The molecule has 1 aliphatic rings. The van der Waals surface area contributed by atoms with Gasteiger partial charge < -0.3 is 30.9 Å². The van der Waals surface area contributed by atoms with E-state index in [1.165, 1.54) is 44.7 Å². The zero-order valence-electron chi connectivity index (χ0n) is 21.4. The van der Waals surface area contributed by atoms with Crippen LogP contribution in [0.4, 0.5) is 20.3 Å². The Labute approximate surface area is 236 Å². The summed E-state index contributed by atoms with van der Waals surface area (Å²) in [5.74, 6) is -1.40. The third-order valence-corrected chi connectivity index (χ3v) is 6.95. The standard InChI is InChI=1S/C25H25ClF2N8O5/c26-14-2-3-17(41-24(27)28)15(10-14)20-16(31-23(39)19-21(29)33-36-7-1-6-30-22(19)36)11-35(32-20)12-18(38)34-8-4-25(40,13-37)5-9-34/h1-3,6-7,10-11,24,37,40H,4-5,8-9,12-13H2,(H2,29,33)(H,31,39). The molecule has 1 aliphatic heterocycles. The average Bonchev–Trinajstić information content (AvgIpc) is 3.48. The minimum atomic E-state index is -3.15. The van der Waals surface area contributed by atoms with E-state index in [1.54, 1.807) is 12.3 Å². The molecule has 41 heavy (non-hydrogen) atoms. The fourth-order valence-corrected chi connectivity index (χ4v) is 4.73. The quantitative estimate of drug-likeness (QED) is 0.239. The third kappa shape index (κ3) is 5.91. The lowest BCUT2D eigenvalue weighted by Crippen LogP contribution is -2.49. The van der Waals surface area contributed by atoms with Crippen molar-refractivity contribution in [2.45, 2.75) is 31.6 Å². The lowest BCUT2D eigenvalue weighted by atomic mass is 9.92. The minimum absolute atomic E-state index is 0.000560. The second kappa shape index (κ2) is 11.3. The van der Waals surface area contributed by atoms with Crippen LogP contribution < -0.4 is 15.8 Å². The molecule has 0 aliphatic carbocycles. The van der Waals surface area contributed by atoms with Gasteiger partial charge in [-0.1, -0.05) is 11.6 Å². The van der Waals surface area contributed by atoms with Crippen LogP contribution in [0.15, 0.2) is 42.9 Å². The Kier molecular flexibility index (Phi) is 7.75. The topological polar surface area (TPSA) is 173 Å². The van der Waals surface area contributed by atoms with E-state index in [9.17, 15) is 28.6 Å². The van der Waals surface area contributed by atoms with Crippen molar-refractivity contribution in [3.05, 3.63) is 53.4 Å². The van der Waals surface area contributed by atoms with Crippen LogP contribution >= 0.6 is 11.6 Å². The molecule has 1 saturated heterocycles. The number of hydrogen-bond acceptors (Lipinski definition) is 9. The number of amides is 2. The number of piperidine rings is 1. The molecule has 1 fully saturated rings. The van der Waals surface area contributed by atoms with Crippen LogP contribution in [0.2, 0.25) is 5.02 Å². The Balaban J connectivity index is 1.49. The van der Waals surface area contributed by atoms with Gasteiger partial charge in [0, 0.05) is 42.3 Å². The molecule has 0 atom stereocenters. The summed E-state index contributed by atoms with van der Waals surface area (Å²) in [6.45, 7) is -3.40. The molecule has 3 aromatic heterocycles. The third-order valence-electron chi connectivity index (χ3n) is 6.71. The van der Waals surface area contributed by atoms with Crippen LogP contribution in [-0.4, -0.2) is 83.2 Å². The highest BCUT2D eigenvalue weighted by atomic mass is 35.5. The summed E-state index contributed by atoms with van der Waals surface area (Å²) < 4.78 is 33.6. The van der Waals surface area contributed by atoms with Gasteiger partial charge in [-0.2, -0.15) is 13.9 Å². The highest BCUT2D eigenvalue weighted by molar-refractivity contribution is 6.31. The van der Waals surface area contributed by atoms with Gasteiger partial charge in [0.1, 0.15) is 23.6 Å². The van der Waals surface area contributed by atoms with E-state index in [-0.39, 0.29) is 83.1 Å². The lowest BCUT2D eigenvalue weighted by Gasteiger charge is -2.36. The first kappa shape index (κ1) is 28.2. The zero-order valence-corrected chi connectivity index (χ0v) is 22.1. The fraction of sp³-hybridized carbons (Fsp3) is 0.320. The number of aliphatic hydroxyl groups excluding tert-OH is 1. The van der Waals surface area contributed by atoms with E-state index in [2.05, 4.69) is 25.2 Å². The van der Waals surface area contributed by atoms with Gasteiger partial charge in [-0.15, -0.1) is 5.10 Å². The number of aliphatic hydroxyl groups is 2. The van der Waals surface area contributed by atoms with Crippen LogP contribution in [0.5, 0.6) is 5.75 Å². The number of nitrogen functional groups attached to an aromatic ring is 1. The monoisotopic (exact) mass is 590 g/mol. The molecule has 0 spiro atoms. The summed E-state index contributed by atoms with van der Waals surface area (Å²) in [6.07, 6.45) is 4.79. The Morgan fingerprint density at radius 2 is 2.00 bits per heavy atom. The minimum Gasteiger partial charge on any atom is -0.434 e. The molecule has 1 aromatic carbocycles. The Hall–Kier alpha value is -4.34. The fourth-order valence-electron chi connectivity index (χ4n) is 4.55. The lowest BCUT2D eigenvalue weighted by molar-refractivity contribution is -0.137. The molecule has 4 aromatic rings. The first-order valence-electron chi connectivity index (χ1n) is 12.4. The highest BCUT2D eigenvalue weighted by Gasteiger charge is 2.33. The van der Waals surface area contributed by atoms with Crippen molar-refractivity contribution in [3.8, 4) is 17.0 Å². The van der Waals surface area contributed by atoms with Gasteiger partial charge in [0.2, 0.25) is 5.91 Å². The van der Waals surface area contributed by atoms with Crippen molar-refractivity contribution in [2.75, 3.05) is 30.7 Å². The maximum absolute atomic E-state index is 13.4. The van der Waals surface area contributed by atoms with E-state index < -0.39 is 24.7 Å². The number of halogens is 3. The number of benzene rings is 1. The van der Waals surface area contributed by atoms with Gasteiger partial charge in [0.25, 0.3) is 5.91 Å². The smallest absolute Gasteiger partial charge is 0.387 e. The highest BCUT2D eigenvalue weighted by Crippen LogP contribution is 2.37. The number of likely N-dealkylation sites (tertiary alicyclic amines) is 1. The molecule has 4 heterocycles. The summed E-state index contributed by atoms with van der Waals surface area (Å²) in [4.78, 5) is 32.1. The Bertz CT molecular complexity index is 1600. The number of carbonyl (C=O) groups excluding carboxylic acids is 2. The van der Waals surface area contributed by atoms with Crippen molar-refractivity contribution < 1.29 is 33.3 Å². The summed E-state index contributed by atoms with van der Waals surface area (Å²) in [5.41, 5.74) is 4.98. The van der Waals surface area contributed by atoms with Crippen LogP contribution in [0, 0.1) is 0 Å². The Morgan fingerprint density at radius 1 is 1.24 bits per heavy atom. The molecule has 216 valence electrons. The molecule has 5 rings (SSSR count). The van der Waals surface area contributed by atoms with Crippen molar-refractivity contribution >= 4 is 40.6 Å². The molecule has 0 radical (unpaired) electrons. The largest absolute Gasteiger partial charge is 0.434 e. The van der Waals surface area contributed by atoms with Crippen molar-refractivity contribution in [1.82, 2.24) is 29.3 Å². The van der Waals surface area contributed by atoms with E-state index in [0.717, 1.165) is 0 Å². The molecular weight excluding hydrogens is 566 g/mol. The van der Waals surface area contributed by atoms with E-state index in [1.807, 2.05) is 0 Å². The number of nitrogens with zero attached hydrogens (tertiary/aromatic N) is 6. The zero-order chi connectivity index (χ0) is 29.3. The SMILES string of the molecule is Nc1nn2cccnc2c1C(=O)Nc1cn(CC(=O)N2CCC(O)(CO)CC2)nc1-c1cc(Cl)ccc1OC(F)F. The Morgan fingerprint density at radius 3 is 2.71 bits per heavy atom. The molecular formula is C25H25ClF2N8O5. The van der Waals surface area contributed by atoms with Crippen LogP contribution in [-0.2, 0) is 11.3 Å². The maximum Gasteiger partial charge on any atom is 0.387 e. The van der Waals surface area contributed by atoms with Crippen LogP contribution in [0.25, 0.3) is 16.9 Å². The van der Waals surface area contributed by atoms with Crippen LogP contribution in [0.3, 0.4) is 0 Å². The summed E-state index contributed by atoms with van der Waals surface area (Å²) in [6, 6.07) is 5.55. The second-order valence-electron chi connectivity index (χ2n) is 9.47. The molecule has 13 nitrogen and oxygen atoms in total. The van der Waals surface area contributed by atoms with Crippen LogP contribution in [0.1, 0.15) is 23.2 Å². The van der Waals surface area contributed by atoms with E-state index >= 15 is 0 Å². The number of nitrogens with two attached hydrogens (primary N) is 1. The predicted octanol–water partition coefficient (Wildman–Crippen LogP) is 2.03. The molecule has 0 bridgehead atoms. The van der Waals surface area contributed by atoms with Gasteiger partial charge in [-0.05, 0) is 37.1 Å². The first-order valence-corrected chi connectivity index (χ1v) is 12.8. The second-order valence-corrected chi connectivity index (χ2v) is 9.91. The van der Waals surface area contributed by atoms with Gasteiger partial charge in [0.05, 0.1) is 17.9 Å². The summed E-state index contributed by atoms with van der Waals surface area (Å²) in [7, 11) is 0. The van der Waals surface area contributed by atoms with Gasteiger partial charge in [0.15, 0.2) is 11.5 Å². The van der Waals surface area contributed by atoms with Crippen molar-refractivity contribution in [2.24, 2.45) is 0 Å². The van der Waals surface area contributed by atoms with Crippen molar-refractivity contribution in [1.29, 1.82) is 0 Å². The number of nitrogens with one attached hydrogen (secondary N) is 1. The number of carbonyl (C=O) groups is 2. The first-order chi connectivity index (χ1) is 19.6. The predicted molar refractivity (Wildman–Crippen MR) is 143 cm³/mol. The molecule has 5 N–H and O–H groups in total. The molecule has 0 saturated carbocycles. The number of rotatable bonds is 8. The summed E-state index contributed by atoms with van der Waals surface area (Å²) >= 11 is 6.16. The molecule has 0 unspecified atom stereocenters. The summed E-state index contributed by atoms with van der Waals surface area (Å²) in [5, 5.41) is 31.0. The van der Waals surface area contributed by atoms with E-state index in [4.69, 9.17) is 17.3 Å². The van der Waals surface area contributed by atoms with E-state index in [0.29, 0.717) is 0 Å². The average molecular weight is 591 g/mol. The number of anilines is 2. The molecule has 16 heteroatoms. The van der Waals surface area contributed by atoms with Crippen molar-refractivity contribution in [3.63, 3.8) is 0 Å². The molecule has 2 amide bonds. The number of alkyl halides is 2. The normalized spacial score (nSPS) is 14.9.